The minimum absolute atomic E-state index is 0.117. The van der Waals surface area contributed by atoms with E-state index in [1.54, 1.807) is 24.8 Å². The van der Waals surface area contributed by atoms with Gasteiger partial charge in [-0.15, -0.1) is 0 Å². The highest BCUT2D eigenvalue weighted by atomic mass is 16.2. The molecule has 1 aliphatic rings. The third-order valence-corrected chi connectivity index (χ3v) is 6.15. The Bertz CT molecular complexity index is 681. The van der Waals surface area contributed by atoms with E-state index in [2.05, 4.69) is 44.0 Å². The van der Waals surface area contributed by atoms with Crippen LogP contribution in [-0.2, 0) is 17.9 Å². The molecule has 3 rings (SSSR count). The van der Waals surface area contributed by atoms with Gasteiger partial charge >= 0.3 is 0 Å². The number of hydrogen-bond acceptors (Lipinski definition) is 5. The van der Waals surface area contributed by atoms with Crippen molar-refractivity contribution < 1.29 is 4.79 Å². The van der Waals surface area contributed by atoms with Crippen LogP contribution in [0.5, 0.6) is 0 Å². The molecule has 31 heavy (non-hydrogen) atoms. The molecule has 1 fully saturated rings. The van der Waals surface area contributed by atoms with Crippen molar-refractivity contribution in [1.29, 1.82) is 0 Å². The van der Waals surface area contributed by atoms with Crippen molar-refractivity contribution in [3.8, 4) is 0 Å². The van der Waals surface area contributed by atoms with Crippen molar-refractivity contribution in [2.75, 3.05) is 19.6 Å². The highest BCUT2D eigenvalue weighted by Gasteiger charge is 2.25. The number of aromatic amines is 2. The van der Waals surface area contributed by atoms with Crippen molar-refractivity contribution in [2.24, 2.45) is 0 Å². The number of rotatable bonds is 13. The molecule has 8 nitrogen and oxygen atoms in total. The number of H-pyrrole nitrogens is 2. The van der Waals surface area contributed by atoms with Gasteiger partial charge in [-0.25, -0.2) is 9.97 Å². The SMILES string of the molecule is CCCN(CCC)C1CCC(NCCC(=O)N(Cc2ncc[nH]2)Cc2ncc[nH]2)CC1. The third-order valence-electron chi connectivity index (χ3n) is 6.15. The second-order valence-corrected chi connectivity index (χ2v) is 8.57. The van der Waals surface area contributed by atoms with Gasteiger partial charge in [0, 0.05) is 49.8 Å². The predicted molar refractivity (Wildman–Crippen MR) is 122 cm³/mol. The Labute approximate surface area is 186 Å². The molecule has 0 spiro atoms. The van der Waals surface area contributed by atoms with E-state index in [-0.39, 0.29) is 5.91 Å². The molecule has 172 valence electrons. The number of nitrogens with one attached hydrogen (secondary N) is 3. The Hall–Kier alpha value is -2.19. The zero-order chi connectivity index (χ0) is 21.9. The van der Waals surface area contributed by atoms with Gasteiger partial charge in [0.2, 0.25) is 5.91 Å². The van der Waals surface area contributed by atoms with E-state index in [4.69, 9.17) is 0 Å². The van der Waals surface area contributed by atoms with Crippen molar-refractivity contribution >= 4 is 5.91 Å². The van der Waals surface area contributed by atoms with Crippen LogP contribution in [0.2, 0.25) is 0 Å². The summed E-state index contributed by atoms with van der Waals surface area (Å²) in [5.74, 6) is 1.69. The zero-order valence-corrected chi connectivity index (χ0v) is 19.1. The number of amides is 1. The minimum atomic E-state index is 0.117. The molecule has 3 N–H and O–H groups in total. The van der Waals surface area contributed by atoms with E-state index in [1.165, 1.54) is 51.6 Å². The number of carbonyl (C=O) groups is 1. The summed E-state index contributed by atoms with van der Waals surface area (Å²) in [5.41, 5.74) is 0. The standard InChI is InChI=1S/C23H39N7O/c1-3-15-29(16-4-2)20-7-5-19(6-8-20)24-10-9-23(31)30(17-21-25-11-12-26-21)18-22-27-13-14-28-22/h11-14,19-20,24H,3-10,15-18H2,1-2H3,(H,25,26)(H,27,28). The number of carbonyl (C=O) groups excluding carboxylic acids is 1. The summed E-state index contributed by atoms with van der Waals surface area (Å²) in [4.78, 5) is 32.1. The Morgan fingerprint density at radius 1 is 1.00 bits per heavy atom. The van der Waals surface area contributed by atoms with Crippen LogP contribution in [0.1, 0.15) is 70.4 Å². The van der Waals surface area contributed by atoms with E-state index in [0.717, 1.165) is 17.7 Å². The topological polar surface area (TPSA) is 92.9 Å². The summed E-state index contributed by atoms with van der Waals surface area (Å²) in [5, 5.41) is 3.64. The first-order valence-electron chi connectivity index (χ1n) is 11.9. The lowest BCUT2D eigenvalue weighted by atomic mass is 9.90. The molecule has 0 atom stereocenters. The van der Waals surface area contributed by atoms with Crippen LogP contribution < -0.4 is 5.32 Å². The highest BCUT2D eigenvalue weighted by molar-refractivity contribution is 5.76. The Morgan fingerprint density at radius 2 is 1.58 bits per heavy atom. The first kappa shape index (κ1) is 23.5. The van der Waals surface area contributed by atoms with Crippen molar-refractivity contribution in [2.45, 2.75) is 84.0 Å². The van der Waals surface area contributed by atoms with Gasteiger partial charge in [-0.3, -0.25) is 4.79 Å². The molecule has 8 heteroatoms. The van der Waals surface area contributed by atoms with Gasteiger partial charge < -0.3 is 25.1 Å². The summed E-state index contributed by atoms with van der Waals surface area (Å²) in [6.45, 7) is 8.61. The van der Waals surface area contributed by atoms with Crippen LogP contribution >= 0.6 is 0 Å². The van der Waals surface area contributed by atoms with Gasteiger partial charge in [-0.2, -0.15) is 0 Å². The predicted octanol–water partition coefficient (Wildman–Crippen LogP) is 3.07. The maximum atomic E-state index is 12.9. The van der Waals surface area contributed by atoms with Crippen molar-refractivity contribution in [3.63, 3.8) is 0 Å². The molecule has 1 aliphatic carbocycles. The maximum absolute atomic E-state index is 12.9. The van der Waals surface area contributed by atoms with E-state index in [1.807, 2.05) is 4.90 Å². The summed E-state index contributed by atoms with van der Waals surface area (Å²) in [6.07, 6.45) is 14.9. The fourth-order valence-electron chi connectivity index (χ4n) is 4.60. The van der Waals surface area contributed by atoms with E-state index in [0.29, 0.717) is 32.1 Å². The van der Waals surface area contributed by atoms with Crippen molar-refractivity contribution in [1.82, 2.24) is 35.1 Å². The van der Waals surface area contributed by atoms with Crippen molar-refractivity contribution in [3.05, 3.63) is 36.4 Å². The number of imidazole rings is 2. The number of aromatic nitrogens is 4. The van der Waals surface area contributed by atoms with Crippen LogP contribution in [0.25, 0.3) is 0 Å². The second kappa shape index (κ2) is 12.6. The van der Waals surface area contributed by atoms with Gasteiger partial charge in [0.1, 0.15) is 11.6 Å². The van der Waals surface area contributed by atoms with Crippen LogP contribution in [0.4, 0.5) is 0 Å². The Balaban J connectivity index is 1.42. The molecule has 1 amide bonds. The van der Waals surface area contributed by atoms with Gasteiger partial charge in [-0.05, 0) is 51.6 Å². The summed E-state index contributed by atoms with van der Waals surface area (Å²) >= 11 is 0. The third kappa shape index (κ3) is 7.47. The lowest BCUT2D eigenvalue weighted by Crippen LogP contribution is -2.43. The molecule has 2 aromatic heterocycles. The lowest BCUT2D eigenvalue weighted by molar-refractivity contribution is -0.132. The number of hydrogen-bond donors (Lipinski definition) is 3. The van der Waals surface area contributed by atoms with Crippen LogP contribution in [-0.4, -0.2) is 67.4 Å². The molecule has 0 radical (unpaired) electrons. The summed E-state index contributed by atoms with van der Waals surface area (Å²) < 4.78 is 0. The Kier molecular flexibility index (Phi) is 9.55. The first-order valence-corrected chi connectivity index (χ1v) is 11.9. The summed E-state index contributed by atoms with van der Waals surface area (Å²) in [7, 11) is 0. The van der Waals surface area contributed by atoms with Crippen LogP contribution in [0, 0.1) is 0 Å². The van der Waals surface area contributed by atoms with Gasteiger partial charge in [-0.1, -0.05) is 13.8 Å². The van der Waals surface area contributed by atoms with Gasteiger partial charge in [0.05, 0.1) is 13.1 Å². The van der Waals surface area contributed by atoms with Crippen LogP contribution in [0.3, 0.4) is 0 Å². The quantitative estimate of drug-likeness (QED) is 0.455. The van der Waals surface area contributed by atoms with Crippen LogP contribution in [0.15, 0.2) is 24.8 Å². The maximum Gasteiger partial charge on any atom is 0.224 e. The van der Waals surface area contributed by atoms with E-state index >= 15 is 0 Å². The number of nitrogens with zero attached hydrogens (tertiary/aromatic N) is 4. The molecule has 0 aromatic carbocycles. The average molecular weight is 430 g/mol. The molecule has 2 aromatic rings. The largest absolute Gasteiger partial charge is 0.347 e. The second-order valence-electron chi connectivity index (χ2n) is 8.57. The normalized spacial score (nSPS) is 19.1. The van der Waals surface area contributed by atoms with E-state index < -0.39 is 0 Å². The van der Waals surface area contributed by atoms with E-state index in [9.17, 15) is 4.79 Å². The highest BCUT2D eigenvalue weighted by Crippen LogP contribution is 2.23. The first-order chi connectivity index (χ1) is 15.2. The monoisotopic (exact) mass is 429 g/mol. The molecular formula is C23H39N7O. The molecule has 0 saturated heterocycles. The zero-order valence-electron chi connectivity index (χ0n) is 19.1. The van der Waals surface area contributed by atoms with Gasteiger partial charge in [0.25, 0.3) is 0 Å². The van der Waals surface area contributed by atoms with Gasteiger partial charge in [0.15, 0.2) is 0 Å². The molecule has 1 saturated carbocycles. The summed E-state index contributed by atoms with van der Waals surface area (Å²) in [6, 6.07) is 1.26. The molecule has 0 unspecified atom stereocenters. The lowest BCUT2D eigenvalue weighted by Gasteiger charge is -2.37. The molecule has 2 heterocycles. The fourth-order valence-corrected chi connectivity index (χ4v) is 4.60. The minimum Gasteiger partial charge on any atom is -0.347 e. The molecule has 0 bridgehead atoms. The average Bonchev–Trinajstić information content (AvgIpc) is 3.48. The molecule has 0 aliphatic heterocycles. The fraction of sp³-hybridized carbons (Fsp3) is 0.696. The molecular weight excluding hydrogens is 390 g/mol. The Morgan fingerprint density at radius 3 is 2.06 bits per heavy atom. The smallest absolute Gasteiger partial charge is 0.224 e.